The summed E-state index contributed by atoms with van der Waals surface area (Å²) in [5.41, 5.74) is -1.27. The summed E-state index contributed by atoms with van der Waals surface area (Å²) < 4.78 is 0. The Bertz CT molecular complexity index is 408. The molecule has 136 valence electrons. The van der Waals surface area contributed by atoms with Crippen molar-refractivity contribution in [2.75, 3.05) is 0 Å². The number of carboxylic acid groups (broad SMARTS) is 2. The highest BCUT2D eigenvalue weighted by Crippen LogP contribution is 2.48. The van der Waals surface area contributed by atoms with Crippen molar-refractivity contribution in [2.24, 2.45) is 34.5 Å². The second kappa shape index (κ2) is 8.16. The summed E-state index contributed by atoms with van der Waals surface area (Å²) in [4.78, 5) is 24.3. The standard InChI is InChI=1S/C19H36O4/c1-9-19(17(22)23,14(5)11-18(6,7)8)15(16(20)21)13(4)10-12(2)3/h12-15H,9-11H2,1-8H3,(H,20,21)(H,22,23). The number of aliphatic carboxylic acids is 2. The van der Waals surface area contributed by atoms with E-state index in [1.54, 1.807) is 0 Å². The molecule has 4 atom stereocenters. The minimum absolute atomic E-state index is 0.0420. The molecule has 0 saturated heterocycles. The van der Waals surface area contributed by atoms with Gasteiger partial charge in [0.25, 0.3) is 0 Å². The quantitative estimate of drug-likeness (QED) is 0.630. The number of carbonyl (C=O) groups is 2. The van der Waals surface area contributed by atoms with Gasteiger partial charge in [0.1, 0.15) is 0 Å². The van der Waals surface area contributed by atoms with Crippen LogP contribution in [0.1, 0.15) is 74.7 Å². The Morgan fingerprint density at radius 1 is 1.00 bits per heavy atom. The smallest absolute Gasteiger partial charge is 0.310 e. The second-order valence-corrected chi connectivity index (χ2v) is 8.79. The Labute approximate surface area is 141 Å². The Morgan fingerprint density at radius 3 is 1.74 bits per heavy atom. The van der Waals surface area contributed by atoms with Gasteiger partial charge in [-0.15, -0.1) is 0 Å². The topological polar surface area (TPSA) is 74.6 Å². The average Bonchev–Trinajstić information content (AvgIpc) is 2.30. The molecule has 0 saturated carbocycles. The minimum Gasteiger partial charge on any atom is -0.481 e. The first-order valence-electron chi connectivity index (χ1n) is 8.75. The van der Waals surface area contributed by atoms with Gasteiger partial charge in [-0.3, -0.25) is 9.59 Å². The Morgan fingerprint density at radius 2 is 1.48 bits per heavy atom. The molecule has 0 aliphatic carbocycles. The monoisotopic (exact) mass is 328 g/mol. The van der Waals surface area contributed by atoms with E-state index in [1.165, 1.54) is 0 Å². The normalized spacial score (nSPS) is 19.0. The van der Waals surface area contributed by atoms with Gasteiger partial charge in [-0.2, -0.15) is 0 Å². The van der Waals surface area contributed by atoms with Crippen LogP contribution in [0.25, 0.3) is 0 Å². The van der Waals surface area contributed by atoms with Crippen molar-refractivity contribution in [3.63, 3.8) is 0 Å². The third-order valence-electron chi connectivity index (χ3n) is 5.01. The largest absolute Gasteiger partial charge is 0.481 e. The van der Waals surface area contributed by atoms with E-state index in [0.717, 1.165) is 0 Å². The molecule has 23 heavy (non-hydrogen) atoms. The molecule has 0 aromatic carbocycles. The molecule has 4 unspecified atom stereocenters. The zero-order valence-electron chi connectivity index (χ0n) is 16.1. The maximum atomic E-state index is 12.3. The van der Waals surface area contributed by atoms with E-state index in [9.17, 15) is 19.8 Å². The van der Waals surface area contributed by atoms with Gasteiger partial charge in [-0.1, -0.05) is 55.4 Å². The molecule has 0 radical (unpaired) electrons. The molecule has 0 aliphatic rings. The Hall–Kier alpha value is -1.06. The molecule has 2 N–H and O–H groups in total. The van der Waals surface area contributed by atoms with Gasteiger partial charge in [-0.25, -0.2) is 0 Å². The van der Waals surface area contributed by atoms with Crippen LogP contribution in [0.15, 0.2) is 0 Å². The van der Waals surface area contributed by atoms with Crippen molar-refractivity contribution in [2.45, 2.75) is 74.7 Å². The van der Waals surface area contributed by atoms with E-state index in [4.69, 9.17) is 0 Å². The summed E-state index contributed by atoms with van der Waals surface area (Å²) in [5.74, 6) is -2.87. The lowest BCUT2D eigenvalue weighted by Gasteiger charge is -2.44. The van der Waals surface area contributed by atoms with E-state index in [0.29, 0.717) is 25.2 Å². The Balaban J connectivity index is 5.97. The van der Waals surface area contributed by atoms with Crippen molar-refractivity contribution in [3.8, 4) is 0 Å². The lowest BCUT2D eigenvalue weighted by atomic mass is 9.58. The van der Waals surface area contributed by atoms with Crippen molar-refractivity contribution in [3.05, 3.63) is 0 Å². The van der Waals surface area contributed by atoms with Gasteiger partial charge < -0.3 is 10.2 Å². The fourth-order valence-corrected chi connectivity index (χ4v) is 4.32. The number of hydrogen-bond acceptors (Lipinski definition) is 2. The summed E-state index contributed by atoms with van der Waals surface area (Å²) in [5, 5.41) is 19.9. The van der Waals surface area contributed by atoms with Crippen LogP contribution in [-0.2, 0) is 9.59 Å². The highest BCUT2D eigenvalue weighted by molar-refractivity contribution is 5.84. The predicted octanol–water partition coefficient (Wildman–Crippen LogP) is 4.92. The van der Waals surface area contributed by atoms with E-state index >= 15 is 0 Å². The van der Waals surface area contributed by atoms with Crippen LogP contribution < -0.4 is 0 Å². The number of rotatable bonds is 9. The Kier molecular flexibility index (Phi) is 7.79. The van der Waals surface area contributed by atoms with Gasteiger partial charge >= 0.3 is 11.9 Å². The first-order valence-corrected chi connectivity index (χ1v) is 8.75. The molecule has 0 fully saturated rings. The van der Waals surface area contributed by atoms with Gasteiger partial charge in [0, 0.05) is 0 Å². The van der Waals surface area contributed by atoms with Crippen molar-refractivity contribution < 1.29 is 19.8 Å². The van der Waals surface area contributed by atoms with Crippen molar-refractivity contribution in [1.82, 2.24) is 0 Å². The molecule has 0 amide bonds. The molecule has 0 spiro atoms. The van der Waals surface area contributed by atoms with E-state index in [1.807, 2.05) is 34.6 Å². The van der Waals surface area contributed by atoms with Crippen LogP contribution in [0.3, 0.4) is 0 Å². The van der Waals surface area contributed by atoms with E-state index in [2.05, 4.69) is 20.8 Å². The summed E-state index contributed by atoms with van der Waals surface area (Å²) in [6.45, 7) is 15.9. The summed E-state index contributed by atoms with van der Waals surface area (Å²) in [6, 6.07) is 0. The van der Waals surface area contributed by atoms with Crippen LogP contribution >= 0.6 is 0 Å². The first kappa shape index (κ1) is 21.9. The SMILES string of the molecule is CCC(C(=O)O)(C(C)CC(C)(C)C)C(C(=O)O)C(C)CC(C)C. The van der Waals surface area contributed by atoms with Gasteiger partial charge in [0.2, 0.25) is 0 Å². The zero-order chi connectivity index (χ0) is 18.6. The van der Waals surface area contributed by atoms with Crippen LogP contribution in [0.2, 0.25) is 0 Å². The van der Waals surface area contributed by atoms with Crippen molar-refractivity contribution >= 4 is 11.9 Å². The fraction of sp³-hybridized carbons (Fsp3) is 0.895. The van der Waals surface area contributed by atoms with Crippen LogP contribution in [0.5, 0.6) is 0 Å². The molecule has 0 heterocycles. The summed E-state index contributed by atoms with van der Waals surface area (Å²) >= 11 is 0. The number of hydrogen-bond donors (Lipinski definition) is 2. The van der Waals surface area contributed by atoms with Gasteiger partial charge in [0.05, 0.1) is 11.3 Å². The molecule has 4 nitrogen and oxygen atoms in total. The molecule has 4 heteroatoms. The average molecular weight is 328 g/mol. The second-order valence-electron chi connectivity index (χ2n) is 8.79. The molecular formula is C19H36O4. The third kappa shape index (κ3) is 5.50. The maximum Gasteiger partial charge on any atom is 0.310 e. The van der Waals surface area contributed by atoms with Crippen LogP contribution in [0.4, 0.5) is 0 Å². The summed E-state index contributed by atoms with van der Waals surface area (Å²) in [6.07, 6.45) is 1.73. The van der Waals surface area contributed by atoms with Gasteiger partial charge in [-0.05, 0) is 42.4 Å². The maximum absolute atomic E-state index is 12.3. The summed E-state index contributed by atoms with van der Waals surface area (Å²) in [7, 11) is 0. The molecule has 0 bridgehead atoms. The van der Waals surface area contributed by atoms with E-state index in [-0.39, 0.29) is 17.3 Å². The highest BCUT2D eigenvalue weighted by atomic mass is 16.4. The lowest BCUT2D eigenvalue weighted by molar-refractivity contribution is -0.172. The molecule has 0 rings (SSSR count). The molecule has 0 aromatic heterocycles. The van der Waals surface area contributed by atoms with Gasteiger partial charge in [0.15, 0.2) is 0 Å². The molecular weight excluding hydrogens is 292 g/mol. The molecule has 0 aromatic rings. The van der Waals surface area contributed by atoms with Crippen molar-refractivity contribution in [1.29, 1.82) is 0 Å². The van der Waals surface area contributed by atoms with E-state index < -0.39 is 23.3 Å². The van der Waals surface area contributed by atoms with Crippen LogP contribution in [0, 0.1) is 34.5 Å². The third-order valence-corrected chi connectivity index (χ3v) is 5.01. The fourth-order valence-electron chi connectivity index (χ4n) is 4.32. The minimum atomic E-state index is -1.23. The lowest BCUT2D eigenvalue weighted by Crippen LogP contribution is -2.50. The van der Waals surface area contributed by atoms with Crippen LogP contribution in [-0.4, -0.2) is 22.2 Å². The number of carboxylic acids is 2. The zero-order valence-corrected chi connectivity index (χ0v) is 16.1. The first-order chi connectivity index (χ1) is 10.3. The molecule has 0 aliphatic heterocycles. The highest BCUT2D eigenvalue weighted by Gasteiger charge is 2.54. The predicted molar refractivity (Wildman–Crippen MR) is 93.3 cm³/mol.